The van der Waals surface area contributed by atoms with E-state index in [-0.39, 0.29) is 24.5 Å². The fourth-order valence-electron chi connectivity index (χ4n) is 1.78. The van der Waals surface area contributed by atoms with Crippen molar-refractivity contribution in [3.63, 3.8) is 0 Å². The first-order valence-electron chi connectivity index (χ1n) is 5.83. The molecular formula is C11H20N2O4. The number of hydrogen-bond acceptors (Lipinski definition) is 4. The lowest BCUT2D eigenvalue weighted by atomic mass is 9.97. The third-order valence-corrected chi connectivity index (χ3v) is 3.24. The van der Waals surface area contributed by atoms with Crippen molar-refractivity contribution < 1.29 is 19.4 Å². The Morgan fingerprint density at radius 2 is 2.18 bits per heavy atom. The molecule has 0 aliphatic carbocycles. The van der Waals surface area contributed by atoms with Gasteiger partial charge in [-0.1, -0.05) is 20.3 Å². The van der Waals surface area contributed by atoms with Crippen LogP contribution in [0, 0.1) is 11.8 Å². The van der Waals surface area contributed by atoms with Crippen LogP contribution in [0.25, 0.3) is 0 Å². The third kappa shape index (κ3) is 3.41. The van der Waals surface area contributed by atoms with E-state index in [1.807, 2.05) is 6.92 Å². The van der Waals surface area contributed by atoms with Crippen molar-refractivity contribution in [1.29, 1.82) is 0 Å². The van der Waals surface area contributed by atoms with Gasteiger partial charge in [-0.25, -0.2) is 4.79 Å². The minimum Gasteiger partial charge on any atom is -0.480 e. The average molecular weight is 244 g/mol. The van der Waals surface area contributed by atoms with E-state index in [2.05, 4.69) is 5.32 Å². The second-order valence-electron chi connectivity index (χ2n) is 4.52. The van der Waals surface area contributed by atoms with Gasteiger partial charge in [-0.2, -0.15) is 0 Å². The molecule has 4 unspecified atom stereocenters. The van der Waals surface area contributed by atoms with Crippen LogP contribution in [0.4, 0.5) is 0 Å². The molecule has 0 spiro atoms. The minimum atomic E-state index is -1.01. The highest BCUT2D eigenvalue weighted by atomic mass is 16.5. The number of aliphatic carboxylic acids is 1. The van der Waals surface area contributed by atoms with Crippen LogP contribution in [-0.2, 0) is 14.3 Å². The maximum absolute atomic E-state index is 11.9. The van der Waals surface area contributed by atoms with Crippen LogP contribution in [0.3, 0.4) is 0 Å². The number of carbonyl (C=O) groups excluding carboxylic acids is 1. The van der Waals surface area contributed by atoms with Crippen molar-refractivity contribution in [2.24, 2.45) is 17.6 Å². The smallest absolute Gasteiger partial charge is 0.326 e. The normalized spacial score (nSPS) is 27.5. The highest BCUT2D eigenvalue weighted by Crippen LogP contribution is 2.14. The molecule has 0 radical (unpaired) electrons. The summed E-state index contributed by atoms with van der Waals surface area (Å²) < 4.78 is 5.09. The maximum atomic E-state index is 11.9. The number of carbonyl (C=O) groups is 2. The number of carboxylic acids is 1. The van der Waals surface area contributed by atoms with Crippen molar-refractivity contribution >= 4 is 11.9 Å². The summed E-state index contributed by atoms with van der Waals surface area (Å²) in [6.45, 7) is 4.29. The average Bonchev–Trinajstić information content (AvgIpc) is 2.70. The Kier molecular flexibility index (Phi) is 4.89. The summed E-state index contributed by atoms with van der Waals surface area (Å²) in [5.41, 5.74) is 5.71. The summed E-state index contributed by atoms with van der Waals surface area (Å²) in [4.78, 5) is 22.9. The van der Waals surface area contributed by atoms with E-state index < -0.39 is 17.9 Å². The van der Waals surface area contributed by atoms with Gasteiger partial charge in [0.2, 0.25) is 5.91 Å². The van der Waals surface area contributed by atoms with Crippen molar-refractivity contribution in [3.05, 3.63) is 0 Å². The first kappa shape index (κ1) is 13.9. The first-order valence-corrected chi connectivity index (χ1v) is 5.83. The van der Waals surface area contributed by atoms with E-state index >= 15 is 0 Å². The zero-order valence-corrected chi connectivity index (χ0v) is 10.2. The van der Waals surface area contributed by atoms with E-state index in [1.165, 1.54) is 0 Å². The van der Waals surface area contributed by atoms with Crippen LogP contribution in [0.1, 0.15) is 20.3 Å². The molecule has 1 heterocycles. The van der Waals surface area contributed by atoms with Crippen LogP contribution in [0.2, 0.25) is 0 Å². The fraction of sp³-hybridized carbons (Fsp3) is 0.818. The van der Waals surface area contributed by atoms with Gasteiger partial charge in [0.05, 0.1) is 19.1 Å². The van der Waals surface area contributed by atoms with Gasteiger partial charge in [-0.3, -0.25) is 4.79 Å². The number of hydrogen-bond donors (Lipinski definition) is 3. The summed E-state index contributed by atoms with van der Waals surface area (Å²) in [5, 5.41) is 11.6. The molecule has 1 aliphatic rings. The summed E-state index contributed by atoms with van der Waals surface area (Å²) in [7, 11) is 0. The number of nitrogens with one attached hydrogen (secondary N) is 1. The molecule has 4 atom stereocenters. The largest absolute Gasteiger partial charge is 0.480 e. The lowest BCUT2D eigenvalue weighted by Gasteiger charge is -2.22. The number of ether oxygens (including phenoxy) is 1. The molecule has 17 heavy (non-hydrogen) atoms. The molecule has 98 valence electrons. The quantitative estimate of drug-likeness (QED) is 0.609. The zero-order chi connectivity index (χ0) is 13.0. The summed E-state index contributed by atoms with van der Waals surface area (Å²) >= 11 is 0. The Balaban J connectivity index is 2.61. The van der Waals surface area contributed by atoms with E-state index in [1.54, 1.807) is 6.92 Å². The van der Waals surface area contributed by atoms with Crippen molar-refractivity contribution in [2.75, 3.05) is 13.2 Å². The van der Waals surface area contributed by atoms with Crippen molar-refractivity contribution in [3.8, 4) is 0 Å². The van der Waals surface area contributed by atoms with Crippen LogP contribution in [-0.4, -0.2) is 42.3 Å². The van der Waals surface area contributed by atoms with Gasteiger partial charge in [-0.15, -0.1) is 0 Å². The lowest BCUT2D eigenvalue weighted by molar-refractivity contribution is -0.144. The second-order valence-corrected chi connectivity index (χ2v) is 4.52. The summed E-state index contributed by atoms with van der Waals surface area (Å²) in [5.74, 6) is -1.90. The fourth-order valence-corrected chi connectivity index (χ4v) is 1.78. The number of carboxylic acid groups (broad SMARTS) is 1. The van der Waals surface area contributed by atoms with Crippen LogP contribution in [0.15, 0.2) is 0 Å². The monoisotopic (exact) mass is 244 g/mol. The SMILES string of the molecule is CCC(C)C(NC(=O)C1COCC1N)C(=O)O. The second kappa shape index (κ2) is 5.97. The minimum absolute atomic E-state index is 0.116. The van der Waals surface area contributed by atoms with Crippen LogP contribution < -0.4 is 11.1 Å². The topological polar surface area (TPSA) is 102 Å². The van der Waals surface area contributed by atoms with Gasteiger partial charge < -0.3 is 20.9 Å². The Hall–Kier alpha value is -1.14. The number of nitrogens with two attached hydrogens (primary N) is 1. The molecule has 0 aromatic rings. The van der Waals surface area contributed by atoms with Crippen LogP contribution >= 0.6 is 0 Å². The Morgan fingerprint density at radius 3 is 2.59 bits per heavy atom. The van der Waals surface area contributed by atoms with Gasteiger partial charge in [0.25, 0.3) is 0 Å². The summed E-state index contributed by atoms with van der Waals surface area (Å²) in [6.07, 6.45) is 0.685. The van der Waals surface area contributed by atoms with Crippen LogP contribution in [0.5, 0.6) is 0 Å². The predicted molar refractivity (Wildman–Crippen MR) is 61.3 cm³/mol. The maximum Gasteiger partial charge on any atom is 0.326 e. The molecule has 4 N–H and O–H groups in total. The molecule has 1 amide bonds. The Bertz CT molecular complexity index is 295. The molecule has 1 fully saturated rings. The first-order chi connectivity index (χ1) is 7.97. The Morgan fingerprint density at radius 1 is 1.53 bits per heavy atom. The van der Waals surface area contributed by atoms with Gasteiger partial charge in [-0.05, 0) is 5.92 Å². The molecule has 1 aliphatic heterocycles. The molecule has 6 heteroatoms. The van der Waals surface area contributed by atoms with Crippen molar-refractivity contribution in [1.82, 2.24) is 5.32 Å². The molecule has 6 nitrogen and oxygen atoms in total. The van der Waals surface area contributed by atoms with Gasteiger partial charge in [0, 0.05) is 6.04 Å². The van der Waals surface area contributed by atoms with E-state index in [0.717, 1.165) is 0 Å². The summed E-state index contributed by atoms with van der Waals surface area (Å²) in [6, 6.07) is -1.21. The van der Waals surface area contributed by atoms with Gasteiger partial charge >= 0.3 is 5.97 Å². The third-order valence-electron chi connectivity index (χ3n) is 3.24. The van der Waals surface area contributed by atoms with E-state index in [9.17, 15) is 9.59 Å². The highest BCUT2D eigenvalue weighted by Gasteiger charge is 2.34. The molecule has 1 saturated heterocycles. The van der Waals surface area contributed by atoms with E-state index in [0.29, 0.717) is 13.0 Å². The van der Waals surface area contributed by atoms with Gasteiger partial charge in [0.1, 0.15) is 6.04 Å². The highest BCUT2D eigenvalue weighted by molar-refractivity contribution is 5.85. The molecule has 0 bridgehead atoms. The molecule has 1 rings (SSSR count). The van der Waals surface area contributed by atoms with Crippen molar-refractivity contribution in [2.45, 2.75) is 32.4 Å². The predicted octanol–water partition coefficient (Wildman–Crippen LogP) is -0.424. The molecular weight excluding hydrogens is 224 g/mol. The lowest BCUT2D eigenvalue weighted by Crippen LogP contribution is -2.50. The number of amides is 1. The molecule has 0 aromatic carbocycles. The molecule has 0 saturated carbocycles. The Labute approximate surface area is 101 Å². The van der Waals surface area contributed by atoms with E-state index in [4.69, 9.17) is 15.6 Å². The standard InChI is InChI=1S/C11H20N2O4/c1-3-6(2)9(11(15)16)13-10(14)7-4-17-5-8(7)12/h6-9H,3-5,12H2,1-2H3,(H,13,14)(H,15,16). The van der Waals surface area contributed by atoms with Gasteiger partial charge in [0.15, 0.2) is 0 Å². The number of rotatable bonds is 5. The zero-order valence-electron chi connectivity index (χ0n) is 10.2. The molecule has 0 aromatic heterocycles.